The number of aromatic nitrogens is 3. The second-order valence-electron chi connectivity index (χ2n) is 3.98. The second kappa shape index (κ2) is 5.10. The molecule has 0 atom stereocenters. The van der Waals surface area contributed by atoms with Gasteiger partial charge < -0.3 is 4.74 Å². The van der Waals surface area contributed by atoms with Crippen molar-refractivity contribution < 1.29 is 4.74 Å². The maximum atomic E-state index is 5.43. The minimum absolute atomic E-state index is 0.281. The van der Waals surface area contributed by atoms with Crippen LogP contribution in [0, 0.1) is 0 Å². The van der Waals surface area contributed by atoms with E-state index in [0.717, 1.165) is 12.2 Å². The van der Waals surface area contributed by atoms with Gasteiger partial charge in [0, 0.05) is 6.20 Å². The molecule has 0 aliphatic heterocycles. The second-order valence-corrected chi connectivity index (χ2v) is 3.98. The van der Waals surface area contributed by atoms with Gasteiger partial charge in [0.1, 0.15) is 0 Å². The molecule has 0 unspecified atom stereocenters. The van der Waals surface area contributed by atoms with Crippen LogP contribution in [0.3, 0.4) is 0 Å². The Morgan fingerprint density at radius 2 is 2.07 bits per heavy atom. The molecule has 0 saturated heterocycles. The SMILES string of the molecule is CC(C)OCCn1cc(C(C)C)nn1. The summed E-state index contributed by atoms with van der Waals surface area (Å²) in [4.78, 5) is 0. The topological polar surface area (TPSA) is 39.9 Å². The molecule has 0 spiro atoms. The van der Waals surface area contributed by atoms with Crippen LogP contribution in [0.15, 0.2) is 6.20 Å². The third kappa shape index (κ3) is 3.46. The highest BCUT2D eigenvalue weighted by Crippen LogP contribution is 2.08. The molecule has 0 fully saturated rings. The first-order chi connectivity index (χ1) is 6.59. The number of ether oxygens (including phenoxy) is 1. The summed E-state index contributed by atoms with van der Waals surface area (Å²) in [6, 6.07) is 0. The summed E-state index contributed by atoms with van der Waals surface area (Å²) in [6.45, 7) is 9.75. The van der Waals surface area contributed by atoms with Crippen molar-refractivity contribution in [2.75, 3.05) is 6.61 Å². The van der Waals surface area contributed by atoms with Gasteiger partial charge in [-0.3, -0.25) is 0 Å². The maximum Gasteiger partial charge on any atom is 0.0852 e. The van der Waals surface area contributed by atoms with E-state index in [1.165, 1.54) is 0 Å². The largest absolute Gasteiger partial charge is 0.377 e. The first kappa shape index (κ1) is 11.2. The first-order valence-corrected chi connectivity index (χ1v) is 5.11. The molecule has 80 valence electrons. The molecule has 14 heavy (non-hydrogen) atoms. The Morgan fingerprint density at radius 3 is 2.57 bits per heavy atom. The number of hydrogen-bond acceptors (Lipinski definition) is 3. The zero-order valence-electron chi connectivity index (χ0n) is 9.40. The molecule has 1 aromatic rings. The molecule has 0 radical (unpaired) electrons. The van der Waals surface area contributed by atoms with Gasteiger partial charge in [-0.05, 0) is 19.8 Å². The van der Waals surface area contributed by atoms with Gasteiger partial charge in [-0.25, -0.2) is 4.68 Å². The van der Waals surface area contributed by atoms with Crippen molar-refractivity contribution >= 4 is 0 Å². The van der Waals surface area contributed by atoms with Crippen molar-refractivity contribution in [2.24, 2.45) is 0 Å². The Balaban J connectivity index is 2.36. The summed E-state index contributed by atoms with van der Waals surface area (Å²) in [5.74, 6) is 0.440. The van der Waals surface area contributed by atoms with Crippen molar-refractivity contribution in [3.8, 4) is 0 Å². The Hall–Kier alpha value is -0.900. The summed E-state index contributed by atoms with van der Waals surface area (Å²) in [6.07, 6.45) is 2.26. The van der Waals surface area contributed by atoms with Gasteiger partial charge in [0.25, 0.3) is 0 Å². The molecule has 0 amide bonds. The molecule has 0 N–H and O–H groups in total. The lowest BCUT2D eigenvalue weighted by molar-refractivity contribution is 0.0707. The quantitative estimate of drug-likeness (QED) is 0.723. The zero-order valence-corrected chi connectivity index (χ0v) is 9.40. The molecule has 4 heteroatoms. The van der Waals surface area contributed by atoms with Crippen LogP contribution < -0.4 is 0 Å². The van der Waals surface area contributed by atoms with Crippen molar-refractivity contribution in [2.45, 2.75) is 46.3 Å². The normalized spacial score (nSPS) is 11.6. The van der Waals surface area contributed by atoms with E-state index in [4.69, 9.17) is 4.74 Å². The summed E-state index contributed by atoms with van der Waals surface area (Å²) in [5, 5.41) is 8.09. The lowest BCUT2D eigenvalue weighted by Gasteiger charge is -2.06. The molecule has 0 aliphatic rings. The Labute approximate surface area is 85.3 Å². The van der Waals surface area contributed by atoms with E-state index in [9.17, 15) is 0 Å². The van der Waals surface area contributed by atoms with Crippen LogP contribution in [0.1, 0.15) is 39.3 Å². The van der Waals surface area contributed by atoms with Crippen LogP contribution in [0.5, 0.6) is 0 Å². The summed E-state index contributed by atoms with van der Waals surface area (Å²) < 4.78 is 7.26. The smallest absolute Gasteiger partial charge is 0.0852 e. The van der Waals surface area contributed by atoms with Gasteiger partial charge in [-0.15, -0.1) is 5.10 Å². The van der Waals surface area contributed by atoms with Gasteiger partial charge in [0.15, 0.2) is 0 Å². The van der Waals surface area contributed by atoms with Gasteiger partial charge in [0.05, 0.1) is 24.9 Å². The van der Waals surface area contributed by atoms with Crippen molar-refractivity contribution in [3.63, 3.8) is 0 Å². The van der Waals surface area contributed by atoms with E-state index in [2.05, 4.69) is 24.2 Å². The van der Waals surface area contributed by atoms with Gasteiger partial charge >= 0.3 is 0 Å². The monoisotopic (exact) mass is 197 g/mol. The van der Waals surface area contributed by atoms with E-state index in [-0.39, 0.29) is 6.10 Å². The molecule has 0 aromatic carbocycles. The fourth-order valence-electron chi connectivity index (χ4n) is 1.07. The molecular weight excluding hydrogens is 178 g/mol. The lowest BCUT2D eigenvalue weighted by atomic mass is 10.2. The van der Waals surface area contributed by atoms with E-state index >= 15 is 0 Å². The highest BCUT2D eigenvalue weighted by molar-refractivity contribution is 4.97. The molecule has 4 nitrogen and oxygen atoms in total. The predicted molar refractivity (Wildman–Crippen MR) is 55.2 cm³/mol. The molecule has 0 bridgehead atoms. The number of hydrogen-bond donors (Lipinski definition) is 0. The summed E-state index contributed by atoms with van der Waals surface area (Å²) >= 11 is 0. The van der Waals surface area contributed by atoms with Crippen LogP contribution in [0.25, 0.3) is 0 Å². The average molecular weight is 197 g/mol. The average Bonchev–Trinajstić information content (AvgIpc) is 2.52. The Morgan fingerprint density at radius 1 is 1.36 bits per heavy atom. The van der Waals surface area contributed by atoms with Gasteiger partial charge in [-0.2, -0.15) is 0 Å². The summed E-state index contributed by atoms with van der Waals surface area (Å²) in [5.41, 5.74) is 1.04. The maximum absolute atomic E-state index is 5.43. The molecule has 0 aliphatic carbocycles. The van der Waals surface area contributed by atoms with Crippen LogP contribution in [-0.2, 0) is 11.3 Å². The van der Waals surface area contributed by atoms with Crippen molar-refractivity contribution in [1.82, 2.24) is 15.0 Å². The fraction of sp³-hybridized carbons (Fsp3) is 0.800. The number of rotatable bonds is 5. The molecular formula is C10H19N3O. The van der Waals surface area contributed by atoms with Crippen molar-refractivity contribution in [1.29, 1.82) is 0 Å². The third-order valence-corrected chi connectivity index (χ3v) is 1.92. The van der Waals surface area contributed by atoms with Crippen LogP contribution in [0.4, 0.5) is 0 Å². The highest BCUT2D eigenvalue weighted by atomic mass is 16.5. The minimum Gasteiger partial charge on any atom is -0.377 e. The fourth-order valence-corrected chi connectivity index (χ4v) is 1.07. The third-order valence-electron chi connectivity index (χ3n) is 1.92. The lowest BCUT2D eigenvalue weighted by Crippen LogP contribution is -2.10. The van der Waals surface area contributed by atoms with Gasteiger partial charge in [-0.1, -0.05) is 19.1 Å². The zero-order chi connectivity index (χ0) is 10.6. The van der Waals surface area contributed by atoms with Crippen LogP contribution in [-0.4, -0.2) is 27.7 Å². The Kier molecular flexibility index (Phi) is 4.07. The van der Waals surface area contributed by atoms with Crippen LogP contribution >= 0.6 is 0 Å². The van der Waals surface area contributed by atoms with E-state index in [0.29, 0.717) is 12.5 Å². The van der Waals surface area contributed by atoms with Gasteiger partial charge in [0.2, 0.25) is 0 Å². The van der Waals surface area contributed by atoms with E-state index in [1.54, 1.807) is 0 Å². The van der Waals surface area contributed by atoms with Crippen molar-refractivity contribution in [3.05, 3.63) is 11.9 Å². The number of nitrogens with zero attached hydrogens (tertiary/aromatic N) is 3. The first-order valence-electron chi connectivity index (χ1n) is 5.11. The molecule has 1 aromatic heterocycles. The van der Waals surface area contributed by atoms with E-state index in [1.807, 2.05) is 24.7 Å². The van der Waals surface area contributed by atoms with E-state index < -0.39 is 0 Å². The standard InChI is InChI=1S/C10H19N3O/c1-8(2)10-7-13(12-11-10)5-6-14-9(3)4/h7-9H,5-6H2,1-4H3. The molecule has 1 heterocycles. The summed E-state index contributed by atoms with van der Waals surface area (Å²) in [7, 11) is 0. The predicted octanol–water partition coefficient (Wildman–Crippen LogP) is 1.83. The molecule has 0 saturated carbocycles. The Bertz CT molecular complexity index is 268. The minimum atomic E-state index is 0.281. The van der Waals surface area contributed by atoms with Crippen LogP contribution in [0.2, 0.25) is 0 Å². The molecule has 1 rings (SSSR count). The highest BCUT2D eigenvalue weighted by Gasteiger charge is 2.04.